The van der Waals surface area contributed by atoms with Crippen molar-refractivity contribution in [3.63, 3.8) is 0 Å². The molecule has 0 spiro atoms. The normalized spacial score (nSPS) is 11.0. The molecule has 0 amide bonds. The summed E-state index contributed by atoms with van der Waals surface area (Å²) in [6, 6.07) is 39.7. The van der Waals surface area contributed by atoms with Crippen LogP contribution in [0.5, 0.6) is 0 Å². The third-order valence-electron chi connectivity index (χ3n) is 5.84. The lowest BCUT2D eigenvalue weighted by Crippen LogP contribution is -1.91. The van der Waals surface area contributed by atoms with Gasteiger partial charge >= 0.3 is 0 Å². The molecule has 3 heteroatoms. The highest BCUT2D eigenvalue weighted by atomic mass is 15.0. The number of fused-ring (bicyclic) bond motifs is 1. The third-order valence-corrected chi connectivity index (χ3v) is 5.84. The summed E-state index contributed by atoms with van der Waals surface area (Å²) >= 11 is 0. The van der Waals surface area contributed by atoms with Gasteiger partial charge in [0.05, 0.1) is 17.1 Å². The molecule has 156 valence electrons. The van der Waals surface area contributed by atoms with Gasteiger partial charge in [0, 0.05) is 29.1 Å². The van der Waals surface area contributed by atoms with Crippen molar-refractivity contribution in [2.24, 2.45) is 0 Å². The molecule has 0 bridgehead atoms. The largest absolute Gasteiger partial charge is 0.306 e. The first kappa shape index (κ1) is 19.2. The van der Waals surface area contributed by atoms with Gasteiger partial charge in [0.2, 0.25) is 0 Å². The summed E-state index contributed by atoms with van der Waals surface area (Å²) in [5.41, 5.74) is 9.45. The molecule has 3 aromatic carbocycles. The van der Waals surface area contributed by atoms with Gasteiger partial charge in [-0.05, 0) is 35.4 Å². The fraction of sp³-hybridized carbons (Fsp3) is 0. The van der Waals surface area contributed by atoms with E-state index in [1.807, 2.05) is 40.9 Å². The van der Waals surface area contributed by atoms with E-state index in [0.29, 0.717) is 0 Å². The number of nitrogens with zero attached hydrogens (tertiary/aromatic N) is 3. The van der Waals surface area contributed by atoms with Gasteiger partial charge < -0.3 is 4.40 Å². The SMILES string of the molecule is c1ccc(-c2cc(-c3ccccc3)nc(-c3ccc(-c4cn5ccccc5n4)cc3)c2)cc1. The number of benzene rings is 3. The highest BCUT2D eigenvalue weighted by Gasteiger charge is 2.10. The monoisotopic (exact) mass is 423 g/mol. The van der Waals surface area contributed by atoms with Crippen LogP contribution in [-0.4, -0.2) is 14.4 Å². The maximum absolute atomic E-state index is 5.02. The van der Waals surface area contributed by atoms with Crippen molar-refractivity contribution >= 4 is 5.65 Å². The molecule has 3 heterocycles. The van der Waals surface area contributed by atoms with Crippen LogP contribution >= 0.6 is 0 Å². The number of imidazole rings is 1. The average molecular weight is 424 g/mol. The molecule has 3 nitrogen and oxygen atoms in total. The summed E-state index contributed by atoms with van der Waals surface area (Å²) in [7, 11) is 0. The summed E-state index contributed by atoms with van der Waals surface area (Å²) in [5.74, 6) is 0. The highest BCUT2D eigenvalue weighted by Crippen LogP contribution is 2.31. The molecule has 0 radical (unpaired) electrons. The number of aromatic nitrogens is 3. The van der Waals surface area contributed by atoms with Gasteiger partial charge in [0.25, 0.3) is 0 Å². The van der Waals surface area contributed by atoms with Gasteiger partial charge in [0.1, 0.15) is 5.65 Å². The Bertz CT molecular complexity index is 1440. The van der Waals surface area contributed by atoms with E-state index in [-0.39, 0.29) is 0 Å². The second-order valence-corrected chi connectivity index (χ2v) is 8.03. The van der Waals surface area contributed by atoms with Gasteiger partial charge in [-0.25, -0.2) is 9.97 Å². The van der Waals surface area contributed by atoms with Crippen molar-refractivity contribution in [1.82, 2.24) is 14.4 Å². The molecule has 3 aromatic heterocycles. The molecule has 0 atom stereocenters. The fourth-order valence-electron chi connectivity index (χ4n) is 4.12. The van der Waals surface area contributed by atoms with Gasteiger partial charge in [-0.3, -0.25) is 0 Å². The lowest BCUT2D eigenvalue weighted by Gasteiger charge is -2.10. The lowest BCUT2D eigenvalue weighted by molar-refractivity contribution is 1.19. The Morgan fingerprint density at radius 3 is 1.61 bits per heavy atom. The molecule has 6 aromatic rings. The van der Waals surface area contributed by atoms with Crippen LogP contribution in [0.4, 0.5) is 0 Å². The minimum Gasteiger partial charge on any atom is -0.306 e. The molecule has 6 rings (SSSR count). The van der Waals surface area contributed by atoms with Crippen molar-refractivity contribution in [3.05, 3.63) is 128 Å². The van der Waals surface area contributed by atoms with Crippen LogP contribution in [0.15, 0.2) is 128 Å². The Hall–Kier alpha value is -4.50. The Labute approximate surface area is 192 Å². The zero-order valence-corrected chi connectivity index (χ0v) is 18.0. The lowest BCUT2D eigenvalue weighted by atomic mass is 9.99. The van der Waals surface area contributed by atoms with E-state index in [9.17, 15) is 0 Å². The Balaban J connectivity index is 1.43. The average Bonchev–Trinajstić information content (AvgIpc) is 3.34. The van der Waals surface area contributed by atoms with E-state index < -0.39 is 0 Å². The fourth-order valence-corrected chi connectivity index (χ4v) is 4.12. The standard InChI is InChI=1S/C30H21N3/c1-3-9-22(10-4-1)26-19-27(23-11-5-2-6-12-23)31-28(20-26)24-14-16-25(17-15-24)29-21-33-18-8-7-13-30(33)32-29/h1-21H. The van der Waals surface area contributed by atoms with Crippen LogP contribution < -0.4 is 0 Å². The molecular formula is C30H21N3. The van der Waals surface area contributed by atoms with Crippen LogP contribution in [-0.2, 0) is 0 Å². The van der Waals surface area contributed by atoms with Crippen molar-refractivity contribution in [3.8, 4) is 44.9 Å². The minimum atomic E-state index is 0.946. The zero-order chi connectivity index (χ0) is 22.0. The Morgan fingerprint density at radius 2 is 0.970 bits per heavy atom. The van der Waals surface area contributed by atoms with Crippen LogP contribution in [0.25, 0.3) is 50.5 Å². The minimum absolute atomic E-state index is 0.946. The van der Waals surface area contributed by atoms with E-state index in [1.165, 1.54) is 5.56 Å². The van der Waals surface area contributed by atoms with E-state index in [0.717, 1.165) is 45.0 Å². The van der Waals surface area contributed by atoms with Crippen molar-refractivity contribution < 1.29 is 0 Å². The van der Waals surface area contributed by atoms with Gasteiger partial charge in [-0.2, -0.15) is 0 Å². The van der Waals surface area contributed by atoms with Crippen molar-refractivity contribution in [2.75, 3.05) is 0 Å². The maximum Gasteiger partial charge on any atom is 0.137 e. The van der Waals surface area contributed by atoms with E-state index in [2.05, 4.69) is 91.1 Å². The molecule has 33 heavy (non-hydrogen) atoms. The number of hydrogen-bond donors (Lipinski definition) is 0. The second-order valence-electron chi connectivity index (χ2n) is 8.03. The van der Waals surface area contributed by atoms with E-state index in [4.69, 9.17) is 9.97 Å². The van der Waals surface area contributed by atoms with Crippen LogP contribution in [0.3, 0.4) is 0 Å². The summed E-state index contributed by atoms with van der Waals surface area (Å²) in [5, 5.41) is 0. The summed E-state index contributed by atoms with van der Waals surface area (Å²) in [6.45, 7) is 0. The summed E-state index contributed by atoms with van der Waals surface area (Å²) in [6.07, 6.45) is 4.08. The maximum atomic E-state index is 5.02. The molecule has 0 unspecified atom stereocenters. The summed E-state index contributed by atoms with van der Waals surface area (Å²) < 4.78 is 2.04. The number of pyridine rings is 2. The summed E-state index contributed by atoms with van der Waals surface area (Å²) in [4.78, 5) is 9.76. The molecule has 0 aliphatic carbocycles. The molecule has 0 fully saturated rings. The van der Waals surface area contributed by atoms with Crippen molar-refractivity contribution in [1.29, 1.82) is 0 Å². The van der Waals surface area contributed by atoms with E-state index in [1.54, 1.807) is 0 Å². The van der Waals surface area contributed by atoms with Crippen LogP contribution in [0.2, 0.25) is 0 Å². The predicted molar refractivity (Wildman–Crippen MR) is 135 cm³/mol. The smallest absolute Gasteiger partial charge is 0.137 e. The molecule has 0 aliphatic rings. The van der Waals surface area contributed by atoms with Crippen LogP contribution in [0, 0.1) is 0 Å². The Kier molecular flexibility index (Phi) is 4.78. The van der Waals surface area contributed by atoms with Gasteiger partial charge in [-0.1, -0.05) is 91.0 Å². The van der Waals surface area contributed by atoms with Gasteiger partial charge in [-0.15, -0.1) is 0 Å². The topological polar surface area (TPSA) is 30.2 Å². The third kappa shape index (κ3) is 3.81. The molecule has 0 saturated carbocycles. The molecule has 0 aliphatic heterocycles. The van der Waals surface area contributed by atoms with Gasteiger partial charge in [0.15, 0.2) is 0 Å². The number of rotatable bonds is 4. The molecular weight excluding hydrogens is 402 g/mol. The second kappa shape index (κ2) is 8.21. The Morgan fingerprint density at radius 1 is 0.424 bits per heavy atom. The zero-order valence-electron chi connectivity index (χ0n) is 18.0. The first-order valence-corrected chi connectivity index (χ1v) is 11.0. The first-order chi connectivity index (χ1) is 16.3. The quantitative estimate of drug-likeness (QED) is 0.296. The van der Waals surface area contributed by atoms with Crippen molar-refractivity contribution in [2.45, 2.75) is 0 Å². The highest BCUT2D eigenvalue weighted by molar-refractivity contribution is 5.77. The first-order valence-electron chi connectivity index (χ1n) is 11.0. The molecule has 0 N–H and O–H groups in total. The van der Waals surface area contributed by atoms with E-state index >= 15 is 0 Å². The molecule has 0 saturated heterocycles. The van der Waals surface area contributed by atoms with Crippen LogP contribution in [0.1, 0.15) is 0 Å². The number of hydrogen-bond acceptors (Lipinski definition) is 2. The predicted octanol–water partition coefficient (Wildman–Crippen LogP) is 7.40.